The number of rotatable bonds is 7. The smallest absolute Gasteiger partial charge is 0.0615 e. The molecule has 17 heavy (non-hydrogen) atoms. The third-order valence-corrected chi connectivity index (χ3v) is 2.93. The number of likely N-dealkylation sites (N-methyl/N-ethyl adjacent to an activating group) is 1. The molecule has 0 aliphatic carbocycles. The SMILES string of the molecule is COCCN(C)CCC(C)c1cnc(C)cn1. The minimum absolute atomic E-state index is 0.452. The summed E-state index contributed by atoms with van der Waals surface area (Å²) in [6.45, 7) is 6.97. The van der Waals surface area contributed by atoms with E-state index in [4.69, 9.17) is 4.74 Å². The van der Waals surface area contributed by atoms with Gasteiger partial charge in [0.15, 0.2) is 0 Å². The van der Waals surface area contributed by atoms with Gasteiger partial charge in [-0.3, -0.25) is 9.97 Å². The van der Waals surface area contributed by atoms with Gasteiger partial charge in [-0.05, 0) is 26.9 Å². The maximum absolute atomic E-state index is 5.05. The lowest BCUT2D eigenvalue weighted by Gasteiger charge is -2.18. The summed E-state index contributed by atoms with van der Waals surface area (Å²) in [5.74, 6) is 0.452. The molecule has 1 rings (SSSR count). The van der Waals surface area contributed by atoms with Gasteiger partial charge in [-0.15, -0.1) is 0 Å². The van der Waals surface area contributed by atoms with Crippen LogP contribution in [0.4, 0.5) is 0 Å². The Labute approximate surface area is 104 Å². The third kappa shape index (κ3) is 5.24. The molecule has 0 saturated heterocycles. The van der Waals surface area contributed by atoms with E-state index >= 15 is 0 Å². The highest BCUT2D eigenvalue weighted by Gasteiger charge is 2.08. The van der Waals surface area contributed by atoms with Crippen LogP contribution >= 0.6 is 0 Å². The van der Waals surface area contributed by atoms with Crippen LogP contribution < -0.4 is 0 Å². The molecular weight excluding hydrogens is 214 g/mol. The first-order valence-electron chi connectivity index (χ1n) is 6.09. The highest BCUT2D eigenvalue weighted by Crippen LogP contribution is 2.15. The van der Waals surface area contributed by atoms with E-state index in [1.807, 2.05) is 19.3 Å². The van der Waals surface area contributed by atoms with E-state index in [2.05, 4.69) is 28.8 Å². The van der Waals surface area contributed by atoms with E-state index in [1.165, 1.54) is 0 Å². The van der Waals surface area contributed by atoms with E-state index in [9.17, 15) is 0 Å². The first-order chi connectivity index (χ1) is 8.13. The Morgan fingerprint density at radius 3 is 2.65 bits per heavy atom. The molecule has 0 fully saturated rings. The monoisotopic (exact) mass is 237 g/mol. The molecule has 0 aliphatic rings. The van der Waals surface area contributed by atoms with Crippen LogP contribution in [0.5, 0.6) is 0 Å². The zero-order chi connectivity index (χ0) is 12.7. The van der Waals surface area contributed by atoms with Crippen LogP contribution in [0, 0.1) is 6.92 Å². The molecule has 1 atom stereocenters. The number of ether oxygens (including phenoxy) is 1. The summed E-state index contributed by atoms with van der Waals surface area (Å²) in [6.07, 6.45) is 4.81. The van der Waals surface area contributed by atoms with Crippen molar-refractivity contribution in [3.8, 4) is 0 Å². The fraction of sp³-hybridized carbons (Fsp3) is 0.692. The Balaban J connectivity index is 2.34. The third-order valence-electron chi connectivity index (χ3n) is 2.93. The van der Waals surface area contributed by atoms with Gasteiger partial charge in [-0.2, -0.15) is 0 Å². The maximum atomic E-state index is 5.05. The topological polar surface area (TPSA) is 38.2 Å². The van der Waals surface area contributed by atoms with Crippen molar-refractivity contribution in [1.29, 1.82) is 0 Å². The van der Waals surface area contributed by atoms with Crippen LogP contribution in [-0.4, -0.2) is 48.7 Å². The lowest BCUT2D eigenvalue weighted by Crippen LogP contribution is -2.25. The number of methoxy groups -OCH3 is 1. The molecule has 0 amide bonds. The first-order valence-corrected chi connectivity index (χ1v) is 6.09. The van der Waals surface area contributed by atoms with Crippen molar-refractivity contribution in [1.82, 2.24) is 14.9 Å². The highest BCUT2D eigenvalue weighted by molar-refractivity contribution is 5.05. The van der Waals surface area contributed by atoms with Gasteiger partial charge in [-0.1, -0.05) is 6.92 Å². The van der Waals surface area contributed by atoms with Crippen LogP contribution in [0.25, 0.3) is 0 Å². The largest absolute Gasteiger partial charge is 0.383 e. The van der Waals surface area contributed by atoms with Crippen molar-refractivity contribution >= 4 is 0 Å². The number of hydrogen-bond donors (Lipinski definition) is 0. The molecule has 96 valence electrons. The van der Waals surface area contributed by atoms with Crippen LogP contribution in [0.1, 0.15) is 30.7 Å². The predicted molar refractivity (Wildman–Crippen MR) is 69.2 cm³/mol. The molecule has 1 aromatic heterocycles. The highest BCUT2D eigenvalue weighted by atomic mass is 16.5. The van der Waals surface area contributed by atoms with Crippen LogP contribution in [0.15, 0.2) is 12.4 Å². The first kappa shape index (κ1) is 14.1. The molecule has 0 saturated carbocycles. The van der Waals surface area contributed by atoms with Gasteiger partial charge >= 0.3 is 0 Å². The second kappa shape index (κ2) is 7.35. The number of nitrogens with zero attached hydrogens (tertiary/aromatic N) is 3. The molecule has 4 nitrogen and oxygen atoms in total. The molecule has 0 radical (unpaired) electrons. The summed E-state index contributed by atoms with van der Waals surface area (Å²) >= 11 is 0. The summed E-state index contributed by atoms with van der Waals surface area (Å²) < 4.78 is 5.05. The van der Waals surface area contributed by atoms with Gasteiger partial charge in [0.2, 0.25) is 0 Å². The molecule has 0 N–H and O–H groups in total. The van der Waals surface area contributed by atoms with Gasteiger partial charge in [-0.25, -0.2) is 0 Å². The summed E-state index contributed by atoms with van der Waals surface area (Å²) in [5.41, 5.74) is 2.05. The van der Waals surface area contributed by atoms with Crippen molar-refractivity contribution in [3.63, 3.8) is 0 Å². The van der Waals surface area contributed by atoms with E-state index in [0.29, 0.717) is 5.92 Å². The van der Waals surface area contributed by atoms with Crippen molar-refractivity contribution in [3.05, 3.63) is 23.8 Å². The summed E-state index contributed by atoms with van der Waals surface area (Å²) in [6, 6.07) is 0. The zero-order valence-electron chi connectivity index (χ0n) is 11.3. The van der Waals surface area contributed by atoms with E-state index in [0.717, 1.165) is 37.5 Å². The predicted octanol–water partition coefficient (Wildman–Crippen LogP) is 1.86. The summed E-state index contributed by atoms with van der Waals surface area (Å²) in [4.78, 5) is 11.0. The second-order valence-corrected chi connectivity index (χ2v) is 4.57. The van der Waals surface area contributed by atoms with Gasteiger partial charge in [0, 0.05) is 32.0 Å². The number of aryl methyl sites for hydroxylation is 1. The molecule has 0 aliphatic heterocycles. The Morgan fingerprint density at radius 2 is 2.06 bits per heavy atom. The fourth-order valence-electron chi connectivity index (χ4n) is 1.58. The zero-order valence-corrected chi connectivity index (χ0v) is 11.3. The molecular formula is C13H23N3O. The van der Waals surface area contributed by atoms with Crippen molar-refractivity contribution in [2.75, 3.05) is 33.9 Å². The van der Waals surface area contributed by atoms with Gasteiger partial charge in [0.05, 0.1) is 18.0 Å². The number of aromatic nitrogens is 2. The van der Waals surface area contributed by atoms with E-state index in [1.54, 1.807) is 7.11 Å². The van der Waals surface area contributed by atoms with Crippen molar-refractivity contribution in [2.45, 2.75) is 26.2 Å². The average Bonchev–Trinajstić information content (AvgIpc) is 2.34. The standard InChI is InChI=1S/C13H23N3O/c1-11(5-6-16(3)7-8-17-4)13-10-14-12(2)9-15-13/h9-11H,5-8H2,1-4H3. The average molecular weight is 237 g/mol. The Morgan fingerprint density at radius 1 is 1.29 bits per heavy atom. The summed E-state index contributed by atoms with van der Waals surface area (Å²) in [7, 11) is 3.85. The Bertz CT molecular complexity index is 313. The van der Waals surface area contributed by atoms with Crippen LogP contribution in [0.3, 0.4) is 0 Å². The molecule has 1 unspecified atom stereocenters. The Hall–Kier alpha value is -1.00. The quantitative estimate of drug-likeness (QED) is 0.725. The minimum atomic E-state index is 0.452. The molecule has 1 aromatic rings. The van der Waals surface area contributed by atoms with Crippen LogP contribution in [-0.2, 0) is 4.74 Å². The van der Waals surface area contributed by atoms with E-state index in [-0.39, 0.29) is 0 Å². The molecule has 4 heteroatoms. The molecule has 0 aromatic carbocycles. The lowest BCUT2D eigenvalue weighted by atomic mass is 10.0. The van der Waals surface area contributed by atoms with Crippen LogP contribution in [0.2, 0.25) is 0 Å². The minimum Gasteiger partial charge on any atom is -0.383 e. The van der Waals surface area contributed by atoms with Gasteiger partial charge in [0.25, 0.3) is 0 Å². The lowest BCUT2D eigenvalue weighted by molar-refractivity contribution is 0.159. The molecule has 1 heterocycles. The summed E-state index contributed by atoms with van der Waals surface area (Å²) in [5, 5.41) is 0. The molecule has 0 bridgehead atoms. The Kier molecular flexibility index (Phi) is 6.08. The normalized spacial score (nSPS) is 13.0. The van der Waals surface area contributed by atoms with E-state index < -0.39 is 0 Å². The van der Waals surface area contributed by atoms with Crippen molar-refractivity contribution in [2.24, 2.45) is 0 Å². The fourth-order valence-corrected chi connectivity index (χ4v) is 1.58. The van der Waals surface area contributed by atoms with Gasteiger partial charge < -0.3 is 9.64 Å². The number of hydrogen-bond acceptors (Lipinski definition) is 4. The maximum Gasteiger partial charge on any atom is 0.0615 e. The molecule has 0 spiro atoms. The van der Waals surface area contributed by atoms with Crippen molar-refractivity contribution < 1.29 is 4.74 Å². The van der Waals surface area contributed by atoms with Gasteiger partial charge in [0.1, 0.15) is 0 Å². The second-order valence-electron chi connectivity index (χ2n) is 4.57.